The highest BCUT2D eigenvalue weighted by Crippen LogP contribution is 2.25. The van der Waals surface area contributed by atoms with E-state index >= 15 is 0 Å². The smallest absolute Gasteiger partial charge is 0.282 e. The van der Waals surface area contributed by atoms with Gasteiger partial charge in [-0.25, -0.2) is 0 Å². The van der Waals surface area contributed by atoms with Crippen molar-refractivity contribution in [3.05, 3.63) is 42.0 Å². The molecule has 18 heavy (non-hydrogen) atoms. The Morgan fingerprint density at radius 1 is 1.17 bits per heavy atom. The summed E-state index contributed by atoms with van der Waals surface area (Å²) < 4.78 is 32.2. The zero-order valence-corrected chi connectivity index (χ0v) is 11.1. The Kier molecular flexibility index (Phi) is 3.68. The molecule has 0 unspecified atom stereocenters. The summed E-state index contributed by atoms with van der Waals surface area (Å²) in [5.41, 5.74) is 0.947. The predicted octanol–water partition coefficient (Wildman–Crippen LogP) is 3.43. The molecule has 1 N–H and O–H groups in total. The van der Waals surface area contributed by atoms with Crippen LogP contribution in [0.5, 0.6) is 0 Å². The van der Waals surface area contributed by atoms with E-state index in [0.29, 0.717) is 5.39 Å². The molecule has 2 rings (SSSR count). The van der Waals surface area contributed by atoms with Crippen molar-refractivity contribution in [1.29, 1.82) is 0 Å². The van der Waals surface area contributed by atoms with E-state index < -0.39 is 10.1 Å². The quantitative estimate of drug-likeness (QED) is 0.861. The Morgan fingerprint density at radius 3 is 2.56 bits per heavy atom. The van der Waals surface area contributed by atoms with Crippen LogP contribution in [-0.2, 0) is 16.5 Å². The number of unbranched alkanes of at least 4 members (excludes halogenated alkanes) is 1. The van der Waals surface area contributed by atoms with Gasteiger partial charge in [0, 0.05) is 5.39 Å². The molecule has 0 heterocycles. The normalized spacial score (nSPS) is 11.9. The third-order valence-electron chi connectivity index (χ3n) is 2.98. The topological polar surface area (TPSA) is 54.4 Å². The van der Waals surface area contributed by atoms with E-state index in [1.165, 1.54) is 0 Å². The van der Waals surface area contributed by atoms with Gasteiger partial charge in [0.25, 0.3) is 10.1 Å². The zero-order valence-electron chi connectivity index (χ0n) is 10.3. The highest BCUT2D eigenvalue weighted by atomic mass is 32.2. The molecule has 0 aliphatic carbocycles. The second kappa shape index (κ2) is 5.08. The van der Waals surface area contributed by atoms with Crippen molar-refractivity contribution in [3.63, 3.8) is 0 Å². The molecule has 0 aliphatic heterocycles. The third kappa shape index (κ3) is 2.71. The van der Waals surface area contributed by atoms with Crippen molar-refractivity contribution in [2.24, 2.45) is 0 Å². The van der Waals surface area contributed by atoms with Gasteiger partial charge in [0.15, 0.2) is 0 Å². The molecule has 2 aromatic rings. The molecule has 0 spiro atoms. The van der Waals surface area contributed by atoms with E-state index in [-0.39, 0.29) is 4.90 Å². The lowest BCUT2D eigenvalue weighted by atomic mass is 10.0. The van der Waals surface area contributed by atoms with Crippen LogP contribution in [0.4, 0.5) is 0 Å². The van der Waals surface area contributed by atoms with Crippen LogP contribution in [0.2, 0.25) is 0 Å². The van der Waals surface area contributed by atoms with Crippen molar-refractivity contribution < 1.29 is 13.0 Å². The van der Waals surface area contributed by atoms with Crippen molar-refractivity contribution >= 4 is 20.9 Å². The maximum atomic E-state index is 11.4. The SMILES string of the molecule is CCCCc1cc(S(=O)(=O)O)c2ccccc2c1. The zero-order chi connectivity index (χ0) is 13.2. The summed E-state index contributed by atoms with van der Waals surface area (Å²) in [5, 5.41) is 1.42. The number of rotatable bonds is 4. The number of aryl methyl sites for hydroxylation is 1. The maximum absolute atomic E-state index is 11.4. The van der Waals surface area contributed by atoms with Crippen LogP contribution in [0.15, 0.2) is 41.3 Å². The van der Waals surface area contributed by atoms with Crippen LogP contribution in [-0.4, -0.2) is 13.0 Å². The molecule has 3 nitrogen and oxygen atoms in total. The van der Waals surface area contributed by atoms with Crippen LogP contribution < -0.4 is 0 Å². The lowest BCUT2D eigenvalue weighted by Crippen LogP contribution is -2.01. The van der Waals surface area contributed by atoms with E-state index in [1.807, 2.05) is 18.2 Å². The van der Waals surface area contributed by atoms with Crippen LogP contribution in [0.1, 0.15) is 25.3 Å². The standard InChI is InChI=1S/C14H16O3S/c1-2-3-6-11-9-12-7-4-5-8-13(12)14(10-11)18(15,16)17/h4-5,7-10H,2-3,6H2,1H3,(H,15,16,17). The number of benzene rings is 2. The van der Waals surface area contributed by atoms with Gasteiger partial charge in [0.2, 0.25) is 0 Å². The fourth-order valence-corrected chi connectivity index (χ4v) is 2.84. The van der Waals surface area contributed by atoms with Crippen molar-refractivity contribution in [1.82, 2.24) is 0 Å². The molecule has 2 aromatic carbocycles. The highest BCUT2D eigenvalue weighted by molar-refractivity contribution is 7.86. The van der Waals surface area contributed by atoms with Crippen LogP contribution in [0.3, 0.4) is 0 Å². The lowest BCUT2D eigenvalue weighted by Gasteiger charge is -2.08. The first kappa shape index (κ1) is 13.1. The Hall–Kier alpha value is -1.39. The minimum absolute atomic E-state index is 0.00621. The molecule has 96 valence electrons. The van der Waals surface area contributed by atoms with Crippen molar-refractivity contribution in [3.8, 4) is 0 Å². The van der Waals surface area contributed by atoms with Gasteiger partial charge in [0.1, 0.15) is 4.90 Å². The summed E-state index contributed by atoms with van der Waals surface area (Å²) in [6.45, 7) is 2.09. The van der Waals surface area contributed by atoms with Gasteiger partial charge in [-0.05, 0) is 29.9 Å². The molecule has 0 radical (unpaired) electrons. The predicted molar refractivity (Wildman–Crippen MR) is 72.4 cm³/mol. The molecular weight excluding hydrogens is 248 g/mol. The van der Waals surface area contributed by atoms with E-state index in [4.69, 9.17) is 0 Å². The summed E-state index contributed by atoms with van der Waals surface area (Å²) in [5.74, 6) is 0. The van der Waals surface area contributed by atoms with Gasteiger partial charge in [-0.2, -0.15) is 8.42 Å². The minimum atomic E-state index is -4.18. The van der Waals surface area contributed by atoms with Crippen molar-refractivity contribution in [2.45, 2.75) is 31.1 Å². The van der Waals surface area contributed by atoms with Gasteiger partial charge < -0.3 is 0 Å². The van der Waals surface area contributed by atoms with Gasteiger partial charge in [-0.15, -0.1) is 0 Å². The number of hydrogen-bond acceptors (Lipinski definition) is 2. The Bertz CT molecular complexity index is 660. The molecule has 0 amide bonds. The van der Waals surface area contributed by atoms with E-state index in [9.17, 15) is 13.0 Å². The van der Waals surface area contributed by atoms with E-state index in [0.717, 1.165) is 30.2 Å². The summed E-state index contributed by atoms with van der Waals surface area (Å²) in [4.78, 5) is 0.00621. The van der Waals surface area contributed by atoms with E-state index in [2.05, 4.69) is 6.92 Å². The summed E-state index contributed by atoms with van der Waals surface area (Å²) in [7, 11) is -4.18. The fraction of sp³-hybridized carbons (Fsp3) is 0.286. The Labute approximate surface area is 107 Å². The molecule has 0 bridgehead atoms. The average molecular weight is 264 g/mol. The Morgan fingerprint density at radius 2 is 1.89 bits per heavy atom. The summed E-state index contributed by atoms with van der Waals surface area (Å²) >= 11 is 0. The molecule has 0 aromatic heterocycles. The Balaban J connectivity index is 2.65. The second-order valence-electron chi connectivity index (χ2n) is 4.39. The first-order valence-electron chi connectivity index (χ1n) is 6.01. The summed E-state index contributed by atoms with van der Waals surface area (Å²) in [6, 6.07) is 10.8. The minimum Gasteiger partial charge on any atom is -0.282 e. The maximum Gasteiger partial charge on any atom is 0.295 e. The first-order chi connectivity index (χ1) is 8.52. The van der Waals surface area contributed by atoms with Crippen LogP contribution in [0.25, 0.3) is 10.8 Å². The number of hydrogen-bond donors (Lipinski definition) is 1. The van der Waals surface area contributed by atoms with Crippen molar-refractivity contribution in [2.75, 3.05) is 0 Å². The average Bonchev–Trinajstić information content (AvgIpc) is 2.34. The van der Waals surface area contributed by atoms with Crippen LogP contribution >= 0.6 is 0 Å². The molecule has 0 saturated carbocycles. The molecule has 0 aliphatic rings. The summed E-state index contributed by atoms with van der Waals surface area (Å²) in [6.07, 6.45) is 2.88. The monoisotopic (exact) mass is 264 g/mol. The third-order valence-corrected chi connectivity index (χ3v) is 3.87. The molecule has 0 atom stereocenters. The van der Waals surface area contributed by atoms with E-state index in [1.54, 1.807) is 18.2 Å². The molecular formula is C14H16O3S. The largest absolute Gasteiger partial charge is 0.295 e. The molecule has 4 heteroatoms. The van der Waals surface area contributed by atoms with Gasteiger partial charge in [0.05, 0.1) is 0 Å². The van der Waals surface area contributed by atoms with Gasteiger partial charge in [-0.3, -0.25) is 4.55 Å². The van der Waals surface area contributed by atoms with Crippen LogP contribution in [0, 0.1) is 0 Å². The highest BCUT2D eigenvalue weighted by Gasteiger charge is 2.14. The molecule has 0 saturated heterocycles. The number of fused-ring (bicyclic) bond motifs is 1. The lowest BCUT2D eigenvalue weighted by molar-refractivity contribution is 0.484. The van der Waals surface area contributed by atoms with Gasteiger partial charge >= 0.3 is 0 Å². The second-order valence-corrected chi connectivity index (χ2v) is 5.78. The van der Waals surface area contributed by atoms with Gasteiger partial charge in [-0.1, -0.05) is 43.7 Å². The first-order valence-corrected chi connectivity index (χ1v) is 7.45. The fourth-order valence-electron chi connectivity index (χ4n) is 2.07. The molecule has 0 fully saturated rings.